The van der Waals surface area contributed by atoms with Gasteiger partial charge in [0.05, 0.1) is 15.4 Å². The van der Waals surface area contributed by atoms with Crippen molar-refractivity contribution in [3.8, 4) is 0 Å². The summed E-state index contributed by atoms with van der Waals surface area (Å²) >= 11 is 0. The van der Waals surface area contributed by atoms with E-state index in [1.807, 2.05) is 0 Å². The molecule has 0 aliphatic rings. The van der Waals surface area contributed by atoms with Crippen molar-refractivity contribution in [1.82, 2.24) is 4.31 Å². The van der Waals surface area contributed by atoms with Gasteiger partial charge in [-0.3, -0.25) is 10.1 Å². The van der Waals surface area contributed by atoms with Crippen molar-refractivity contribution < 1.29 is 26.5 Å². The summed E-state index contributed by atoms with van der Waals surface area (Å²) in [6, 6.07) is 7.61. The number of rotatable bonds is 5. The van der Waals surface area contributed by atoms with Crippen LogP contribution in [0.2, 0.25) is 0 Å². The maximum atomic E-state index is 12.7. The Morgan fingerprint density at radius 2 is 1.69 bits per heavy atom. The van der Waals surface area contributed by atoms with Crippen LogP contribution in [0.25, 0.3) is 0 Å². The molecule has 0 N–H and O–H groups in total. The summed E-state index contributed by atoms with van der Waals surface area (Å²) in [6.07, 6.45) is -4.48. The fourth-order valence-corrected chi connectivity index (χ4v) is 3.69. The van der Waals surface area contributed by atoms with Crippen LogP contribution in [0.1, 0.15) is 16.7 Å². The summed E-state index contributed by atoms with van der Waals surface area (Å²) in [5.74, 6) is 0. The number of alkyl halides is 3. The summed E-state index contributed by atoms with van der Waals surface area (Å²) in [6.45, 7) is 1.32. The molecule has 2 aromatic carbocycles. The lowest BCUT2D eigenvalue weighted by atomic mass is 10.1. The van der Waals surface area contributed by atoms with Gasteiger partial charge in [-0.1, -0.05) is 18.2 Å². The molecule has 0 aliphatic carbocycles. The number of halogens is 3. The molecule has 0 unspecified atom stereocenters. The van der Waals surface area contributed by atoms with Crippen molar-refractivity contribution in [3.05, 3.63) is 69.3 Å². The normalized spacial score (nSPS) is 12.4. The van der Waals surface area contributed by atoms with E-state index in [9.17, 15) is 31.7 Å². The summed E-state index contributed by atoms with van der Waals surface area (Å²) in [7, 11) is -2.80. The molecule has 0 aromatic heterocycles. The molecule has 0 aliphatic heterocycles. The van der Waals surface area contributed by atoms with Crippen LogP contribution in [0.4, 0.5) is 18.9 Å². The van der Waals surface area contributed by atoms with E-state index in [-0.39, 0.29) is 17.1 Å². The topological polar surface area (TPSA) is 80.5 Å². The molecule has 0 bridgehead atoms. The van der Waals surface area contributed by atoms with E-state index in [1.165, 1.54) is 38.2 Å². The van der Waals surface area contributed by atoms with Crippen LogP contribution in [0.3, 0.4) is 0 Å². The first kappa shape index (κ1) is 19.9. The van der Waals surface area contributed by atoms with Crippen molar-refractivity contribution in [2.45, 2.75) is 24.5 Å². The van der Waals surface area contributed by atoms with Crippen molar-refractivity contribution in [2.75, 3.05) is 7.05 Å². The van der Waals surface area contributed by atoms with E-state index in [0.29, 0.717) is 11.1 Å². The minimum atomic E-state index is -4.48. The highest BCUT2D eigenvalue weighted by Gasteiger charge is 2.30. The summed E-state index contributed by atoms with van der Waals surface area (Å²) in [4.78, 5) is 9.95. The number of non-ortho nitro benzene ring substituents is 1. The monoisotopic (exact) mass is 388 g/mol. The highest BCUT2D eigenvalue weighted by atomic mass is 32.2. The maximum absolute atomic E-state index is 12.7. The van der Waals surface area contributed by atoms with E-state index < -0.39 is 26.7 Å². The molecule has 26 heavy (non-hydrogen) atoms. The lowest BCUT2D eigenvalue weighted by molar-refractivity contribution is -0.385. The molecule has 10 heteroatoms. The number of nitro groups is 1. The van der Waals surface area contributed by atoms with Gasteiger partial charge in [0.2, 0.25) is 10.0 Å². The molecule has 0 saturated heterocycles. The summed E-state index contributed by atoms with van der Waals surface area (Å²) in [5, 5.41) is 10.9. The molecule has 0 spiro atoms. The second kappa shape index (κ2) is 7.04. The molecular weight excluding hydrogens is 373 g/mol. The number of nitrogens with zero attached hydrogens (tertiary/aromatic N) is 2. The molecule has 0 amide bonds. The zero-order chi connectivity index (χ0) is 19.7. The van der Waals surface area contributed by atoms with Crippen molar-refractivity contribution in [1.29, 1.82) is 0 Å². The van der Waals surface area contributed by atoms with Crippen molar-refractivity contribution >= 4 is 15.7 Å². The van der Waals surface area contributed by atoms with Gasteiger partial charge in [0.15, 0.2) is 0 Å². The fourth-order valence-electron chi connectivity index (χ4n) is 2.29. The third-order valence-corrected chi connectivity index (χ3v) is 5.70. The second-order valence-electron chi connectivity index (χ2n) is 5.66. The first-order valence-electron chi connectivity index (χ1n) is 7.30. The van der Waals surface area contributed by atoms with Crippen LogP contribution in [0, 0.1) is 17.0 Å². The Morgan fingerprint density at radius 3 is 2.19 bits per heavy atom. The lowest BCUT2D eigenvalue weighted by Gasteiger charge is -2.19. The van der Waals surface area contributed by atoms with Gasteiger partial charge in [0.1, 0.15) is 0 Å². The van der Waals surface area contributed by atoms with Crippen LogP contribution in [0.15, 0.2) is 47.4 Å². The molecule has 2 aromatic rings. The minimum Gasteiger partial charge on any atom is -0.258 e. The predicted octanol–water partition coefficient (Wildman–Crippen LogP) is 3.74. The Kier molecular flexibility index (Phi) is 5.38. The van der Waals surface area contributed by atoms with E-state index in [1.54, 1.807) is 0 Å². The average Bonchev–Trinajstić information content (AvgIpc) is 2.54. The molecule has 6 nitrogen and oxygen atoms in total. The molecule has 0 heterocycles. The predicted molar refractivity (Wildman–Crippen MR) is 87.9 cm³/mol. The van der Waals surface area contributed by atoms with Gasteiger partial charge in [-0.25, -0.2) is 8.42 Å². The number of hydrogen-bond acceptors (Lipinski definition) is 4. The van der Waals surface area contributed by atoms with Crippen LogP contribution in [-0.2, 0) is 22.7 Å². The Morgan fingerprint density at radius 1 is 1.12 bits per heavy atom. The van der Waals surface area contributed by atoms with E-state index >= 15 is 0 Å². The van der Waals surface area contributed by atoms with Gasteiger partial charge in [-0.2, -0.15) is 17.5 Å². The SMILES string of the molecule is Cc1ccc([N+](=O)[O-])cc1S(=O)(=O)N(C)Cc1ccc(C(F)(F)F)cc1. The molecule has 0 atom stereocenters. The quantitative estimate of drug-likeness (QED) is 0.577. The van der Waals surface area contributed by atoms with Gasteiger partial charge in [-0.15, -0.1) is 0 Å². The summed E-state index contributed by atoms with van der Waals surface area (Å²) < 4.78 is 64.0. The molecule has 0 fully saturated rings. The van der Waals surface area contributed by atoms with Gasteiger partial charge in [0, 0.05) is 25.7 Å². The van der Waals surface area contributed by atoms with Crippen LogP contribution in [-0.4, -0.2) is 24.7 Å². The Balaban J connectivity index is 2.30. The van der Waals surface area contributed by atoms with Gasteiger partial charge in [0.25, 0.3) is 5.69 Å². The van der Waals surface area contributed by atoms with Gasteiger partial charge >= 0.3 is 6.18 Å². The number of sulfonamides is 1. The first-order chi connectivity index (χ1) is 11.9. The fraction of sp³-hybridized carbons (Fsp3) is 0.250. The zero-order valence-corrected chi connectivity index (χ0v) is 14.6. The second-order valence-corrected chi connectivity index (χ2v) is 7.68. The zero-order valence-electron chi connectivity index (χ0n) is 13.8. The van der Waals surface area contributed by atoms with E-state index in [0.717, 1.165) is 22.5 Å². The van der Waals surface area contributed by atoms with Crippen LogP contribution >= 0.6 is 0 Å². The van der Waals surface area contributed by atoms with Crippen molar-refractivity contribution in [2.24, 2.45) is 0 Å². The van der Waals surface area contributed by atoms with Gasteiger partial charge in [-0.05, 0) is 30.2 Å². The Bertz CT molecular complexity index is 926. The standard InChI is InChI=1S/C16H15F3N2O4S/c1-11-3-8-14(21(22)23)9-15(11)26(24,25)20(2)10-12-4-6-13(7-5-12)16(17,18)19/h3-9H,10H2,1-2H3. The van der Waals surface area contributed by atoms with Gasteiger partial charge < -0.3 is 0 Å². The number of aryl methyl sites for hydroxylation is 1. The lowest BCUT2D eigenvalue weighted by Crippen LogP contribution is -2.27. The van der Waals surface area contributed by atoms with E-state index in [2.05, 4.69) is 0 Å². The minimum absolute atomic E-state index is 0.178. The van der Waals surface area contributed by atoms with Crippen LogP contribution in [0.5, 0.6) is 0 Å². The molecular formula is C16H15F3N2O4S. The Labute approximate surface area is 148 Å². The largest absolute Gasteiger partial charge is 0.416 e. The molecule has 0 saturated carbocycles. The smallest absolute Gasteiger partial charge is 0.258 e. The third-order valence-electron chi connectivity index (χ3n) is 3.76. The highest BCUT2D eigenvalue weighted by Crippen LogP contribution is 2.30. The Hall–Kier alpha value is -2.46. The molecule has 140 valence electrons. The summed E-state index contributed by atoms with van der Waals surface area (Å²) in [5.41, 5.74) is -0.513. The third kappa shape index (κ3) is 4.20. The number of nitro benzene ring substituents is 1. The average molecular weight is 388 g/mol. The highest BCUT2D eigenvalue weighted by molar-refractivity contribution is 7.89. The first-order valence-corrected chi connectivity index (χ1v) is 8.74. The number of benzene rings is 2. The van der Waals surface area contributed by atoms with Crippen LogP contribution < -0.4 is 0 Å². The molecule has 0 radical (unpaired) electrons. The van der Waals surface area contributed by atoms with E-state index in [4.69, 9.17) is 0 Å². The van der Waals surface area contributed by atoms with Crippen molar-refractivity contribution in [3.63, 3.8) is 0 Å². The number of hydrogen-bond donors (Lipinski definition) is 0. The molecule has 2 rings (SSSR count). The maximum Gasteiger partial charge on any atom is 0.416 e.